The highest BCUT2D eigenvalue weighted by atomic mass is 16.5. The van der Waals surface area contributed by atoms with Gasteiger partial charge in [0.2, 0.25) is 5.91 Å². The molecule has 2 N–H and O–H groups in total. The van der Waals surface area contributed by atoms with Gasteiger partial charge in [-0.05, 0) is 31.0 Å². The normalized spacial score (nSPS) is 19.0. The first-order valence-electron chi connectivity index (χ1n) is 6.34. The minimum absolute atomic E-state index is 0.0788. The number of rotatable bonds is 3. The number of nitrogens with zero attached hydrogens (tertiary/aromatic N) is 1. The highest BCUT2D eigenvalue weighted by Crippen LogP contribution is 2.20. The van der Waals surface area contributed by atoms with Gasteiger partial charge in [-0.1, -0.05) is 6.07 Å². The summed E-state index contributed by atoms with van der Waals surface area (Å²) in [5.74, 6) is 0.00520. The second-order valence-electron chi connectivity index (χ2n) is 4.72. The van der Waals surface area contributed by atoms with E-state index in [2.05, 4.69) is 0 Å². The molecule has 1 saturated heterocycles. The molecular weight excluding hydrogens is 244 g/mol. The van der Waals surface area contributed by atoms with Crippen molar-refractivity contribution in [2.75, 3.05) is 20.2 Å². The third-order valence-electron chi connectivity index (χ3n) is 3.43. The second-order valence-corrected chi connectivity index (χ2v) is 4.72. The zero-order chi connectivity index (χ0) is 13.8. The number of carbonyl (C=O) groups is 2. The predicted octanol–water partition coefficient (Wildman–Crippen LogP) is 1.03. The Morgan fingerprint density at radius 2 is 2.21 bits per heavy atom. The first kappa shape index (κ1) is 13.4. The molecule has 0 radical (unpaired) electrons. The average molecular weight is 262 g/mol. The number of benzene rings is 1. The summed E-state index contributed by atoms with van der Waals surface area (Å²) in [4.78, 5) is 25.3. The van der Waals surface area contributed by atoms with Gasteiger partial charge in [-0.15, -0.1) is 0 Å². The highest BCUT2D eigenvalue weighted by molar-refractivity contribution is 5.95. The summed E-state index contributed by atoms with van der Waals surface area (Å²) in [5.41, 5.74) is 5.89. The van der Waals surface area contributed by atoms with E-state index in [1.54, 1.807) is 36.3 Å². The predicted molar refractivity (Wildman–Crippen MR) is 70.8 cm³/mol. The lowest BCUT2D eigenvalue weighted by Gasteiger charge is -2.31. The Morgan fingerprint density at radius 1 is 1.42 bits per heavy atom. The zero-order valence-electron chi connectivity index (χ0n) is 11.0. The molecule has 5 heteroatoms. The van der Waals surface area contributed by atoms with Gasteiger partial charge in [0.25, 0.3) is 5.91 Å². The summed E-state index contributed by atoms with van der Waals surface area (Å²) in [7, 11) is 1.56. The molecule has 5 nitrogen and oxygen atoms in total. The van der Waals surface area contributed by atoms with Crippen molar-refractivity contribution in [1.29, 1.82) is 0 Å². The number of hydrogen-bond acceptors (Lipinski definition) is 3. The van der Waals surface area contributed by atoms with Crippen LogP contribution in [0, 0.1) is 5.92 Å². The van der Waals surface area contributed by atoms with Crippen LogP contribution >= 0.6 is 0 Å². The molecule has 1 unspecified atom stereocenters. The lowest BCUT2D eigenvalue weighted by Crippen LogP contribution is -2.44. The van der Waals surface area contributed by atoms with E-state index in [-0.39, 0.29) is 17.7 Å². The summed E-state index contributed by atoms with van der Waals surface area (Å²) in [6.45, 7) is 1.07. The number of likely N-dealkylation sites (tertiary alicyclic amines) is 1. The van der Waals surface area contributed by atoms with Crippen molar-refractivity contribution in [1.82, 2.24) is 4.90 Å². The SMILES string of the molecule is COc1cccc(C(=O)N2CCCC(C(N)=O)C2)c1. The number of ether oxygens (including phenoxy) is 1. The molecule has 0 saturated carbocycles. The lowest BCUT2D eigenvalue weighted by molar-refractivity contribution is -0.123. The van der Waals surface area contributed by atoms with Crippen molar-refractivity contribution < 1.29 is 14.3 Å². The number of piperidine rings is 1. The maximum Gasteiger partial charge on any atom is 0.254 e. The van der Waals surface area contributed by atoms with Crippen molar-refractivity contribution in [2.24, 2.45) is 11.7 Å². The van der Waals surface area contributed by atoms with Crippen molar-refractivity contribution in [3.63, 3.8) is 0 Å². The standard InChI is InChI=1S/C14H18N2O3/c1-19-12-6-2-4-10(8-12)14(18)16-7-3-5-11(9-16)13(15)17/h2,4,6,8,11H,3,5,7,9H2,1H3,(H2,15,17). The Labute approximate surface area is 112 Å². The first-order chi connectivity index (χ1) is 9.11. The van der Waals surface area contributed by atoms with E-state index in [1.165, 1.54) is 0 Å². The molecule has 1 atom stereocenters. The Kier molecular flexibility index (Phi) is 4.04. The quantitative estimate of drug-likeness (QED) is 0.884. The molecule has 0 aromatic heterocycles. The van der Waals surface area contributed by atoms with E-state index in [0.29, 0.717) is 24.4 Å². The molecule has 2 rings (SSSR count). The maximum absolute atomic E-state index is 12.4. The van der Waals surface area contributed by atoms with Crippen molar-refractivity contribution in [3.05, 3.63) is 29.8 Å². The van der Waals surface area contributed by atoms with Gasteiger partial charge in [0.05, 0.1) is 13.0 Å². The molecule has 1 fully saturated rings. The molecule has 102 valence electrons. The lowest BCUT2D eigenvalue weighted by atomic mass is 9.97. The Hall–Kier alpha value is -2.04. The molecule has 1 aromatic rings. The number of methoxy groups -OCH3 is 1. The Bertz CT molecular complexity index is 487. The first-order valence-corrected chi connectivity index (χ1v) is 6.34. The number of nitrogens with two attached hydrogens (primary N) is 1. The molecule has 2 amide bonds. The summed E-state index contributed by atoms with van der Waals surface area (Å²) < 4.78 is 5.11. The summed E-state index contributed by atoms with van der Waals surface area (Å²) >= 11 is 0. The van der Waals surface area contributed by atoms with Crippen molar-refractivity contribution >= 4 is 11.8 Å². The molecular formula is C14H18N2O3. The van der Waals surface area contributed by atoms with E-state index < -0.39 is 0 Å². The van der Waals surface area contributed by atoms with Crippen molar-refractivity contribution in [2.45, 2.75) is 12.8 Å². The zero-order valence-corrected chi connectivity index (χ0v) is 11.0. The monoisotopic (exact) mass is 262 g/mol. The molecule has 1 aromatic carbocycles. The van der Waals surface area contributed by atoms with Crippen LogP contribution in [0.4, 0.5) is 0 Å². The van der Waals surface area contributed by atoms with Crippen LogP contribution in [0.1, 0.15) is 23.2 Å². The number of hydrogen-bond donors (Lipinski definition) is 1. The number of carbonyl (C=O) groups excluding carboxylic acids is 2. The van der Waals surface area contributed by atoms with Crippen LogP contribution in [0.25, 0.3) is 0 Å². The largest absolute Gasteiger partial charge is 0.497 e. The molecule has 1 aliphatic rings. The van der Waals surface area contributed by atoms with Crippen LogP contribution in [0.15, 0.2) is 24.3 Å². The van der Waals surface area contributed by atoms with Crippen LogP contribution < -0.4 is 10.5 Å². The third kappa shape index (κ3) is 3.05. The van der Waals surface area contributed by atoms with Crippen LogP contribution in [0.3, 0.4) is 0 Å². The fourth-order valence-corrected chi connectivity index (χ4v) is 2.33. The smallest absolute Gasteiger partial charge is 0.254 e. The molecule has 0 spiro atoms. The van der Waals surface area contributed by atoms with Gasteiger partial charge in [-0.25, -0.2) is 0 Å². The maximum atomic E-state index is 12.4. The van der Waals surface area contributed by atoms with E-state index in [0.717, 1.165) is 12.8 Å². The Morgan fingerprint density at radius 3 is 2.89 bits per heavy atom. The van der Waals surface area contributed by atoms with Crippen LogP contribution in [0.2, 0.25) is 0 Å². The summed E-state index contributed by atoms with van der Waals surface area (Å²) in [6, 6.07) is 7.02. The van der Waals surface area contributed by atoms with E-state index in [4.69, 9.17) is 10.5 Å². The van der Waals surface area contributed by atoms with Gasteiger partial charge in [0.15, 0.2) is 0 Å². The van der Waals surface area contributed by atoms with Crippen LogP contribution in [-0.2, 0) is 4.79 Å². The average Bonchev–Trinajstić information content (AvgIpc) is 2.46. The topological polar surface area (TPSA) is 72.6 Å². The third-order valence-corrected chi connectivity index (χ3v) is 3.43. The van der Waals surface area contributed by atoms with Gasteiger partial charge < -0.3 is 15.4 Å². The molecule has 1 heterocycles. The van der Waals surface area contributed by atoms with Crippen LogP contribution in [0.5, 0.6) is 5.75 Å². The number of primary amides is 1. The molecule has 0 aliphatic carbocycles. The summed E-state index contributed by atoms with van der Waals surface area (Å²) in [6.07, 6.45) is 1.57. The van der Waals surface area contributed by atoms with Crippen molar-refractivity contribution in [3.8, 4) is 5.75 Å². The Balaban J connectivity index is 2.12. The van der Waals surface area contributed by atoms with Gasteiger partial charge in [-0.3, -0.25) is 9.59 Å². The number of amides is 2. The van der Waals surface area contributed by atoms with Gasteiger partial charge in [0, 0.05) is 18.7 Å². The summed E-state index contributed by atoms with van der Waals surface area (Å²) in [5, 5.41) is 0. The van der Waals surface area contributed by atoms with Gasteiger partial charge in [0.1, 0.15) is 5.75 Å². The fourth-order valence-electron chi connectivity index (χ4n) is 2.33. The molecule has 0 bridgehead atoms. The fraction of sp³-hybridized carbons (Fsp3) is 0.429. The van der Waals surface area contributed by atoms with Gasteiger partial charge in [-0.2, -0.15) is 0 Å². The minimum atomic E-state index is -0.330. The second kappa shape index (κ2) is 5.73. The molecule has 1 aliphatic heterocycles. The van der Waals surface area contributed by atoms with Gasteiger partial charge >= 0.3 is 0 Å². The minimum Gasteiger partial charge on any atom is -0.497 e. The highest BCUT2D eigenvalue weighted by Gasteiger charge is 2.27. The van der Waals surface area contributed by atoms with E-state index >= 15 is 0 Å². The van der Waals surface area contributed by atoms with E-state index in [9.17, 15) is 9.59 Å². The van der Waals surface area contributed by atoms with E-state index in [1.807, 2.05) is 0 Å². The molecule has 19 heavy (non-hydrogen) atoms. The van der Waals surface area contributed by atoms with Crippen LogP contribution in [-0.4, -0.2) is 36.9 Å².